The van der Waals surface area contributed by atoms with E-state index in [4.69, 9.17) is 9.47 Å². The molecule has 3 aromatic carbocycles. The molecule has 0 aliphatic rings. The van der Waals surface area contributed by atoms with Crippen LogP contribution in [0.1, 0.15) is 68.7 Å². The van der Waals surface area contributed by atoms with Crippen molar-refractivity contribution in [3.8, 4) is 23.1 Å². The topological polar surface area (TPSA) is 44.2 Å². The molecule has 0 spiro atoms. The summed E-state index contributed by atoms with van der Waals surface area (Å²) in [6, 6.07) is 26.2. The van der Waals surface area contributed by atoms with E-state index in [9.17, 15) is 0 Å². The minimum Gasteiger partial charge on any atom is -0.457 e. The van der Waals surface area contributed by atoms with E-state index in [2.05, 4.69) is 41.2 Å². The molecule has 0 unspecified atom stereocenters. The number of unbranched alkanes of at least 4 members (excludes halogenated alkanes) is 6. The summed E-state index contributed by atoms with van der Waals surface area (Å²) in [7, 11) is 0. The Kier molecular flexibility index (Phi) is 9.91. The van der Waals surface area contributed by atoms with Crippen LogP contribution in [0.15, 0.2) is 91.3 Å². The van der Waals surface area contributed by atoms with Crippen LogP contribution in [0.2, 0.25) is 0 Å². The van der Waals surface area contributed by atoms with Gasteiger partial charge >= 0.3 is 0 Å². The van der Waals surface area contributed by atoms with Crippen LogP contribution in [0.5, 0.6) is 23.1 Å². The maximum Gasteiger partial charge on any atom is 0.238 e. The summed E-state index contributed by atoms with van der Waals surface area (Å²) in [5.74, 6) is 2.93. The maximum absolute atomic E-state index is 5.98. The van der Waals surface area contributed by atoms with Gasteiger partial charge in [-0.1, -0.05) is 87.9 Å². The zero-order valence-corrected chi connectivity index (χ0v) is 21.2. The monoisotopic (exact) mass is 480 g/mol. The maximum atomic E-state index is 5.98. The van der Waals surface area contributed by atoms with Crippen molar-refractivity contribution < 1.29 is 9.47 Å². The summed E-state index contributed by atoms with van der Waals surface area (Å²) < 4.78 is 11.9. The van der Waals surface area contributed by atoms with Crippen LogP contribution >= 0.6 is 0 Å². The Bertz CT molecular complexity index is 1160. The number of rotatable bonds is 14. The highest BCUT2D eigenvalue weighted by Crippen LogP contribution is 2.23. The van der Waals surface area contributed by atoms with Crippen LogP contribution in [-0.4, -0.2) is 9.97 Å². The number of hydrogen-bond acceptors (Lipinski definition) is 4. The van der Waals surface area contributed by atoms with Crippen LogP contribution < -0.4 is 9.47 Å². The van der Waals surface area contributed by atoms with Crippen molar-refractivity contribution in [3.63, 3.8) is 0 Å². The van der Waals surface area contributed by atoms with Crippen molar-refractivity contribution in [1.29, 1.82) is 0 Å². The van der Waals surface area contributed by atoms with Crippen molar-refractivity contribution in [2.24, 2.45) is 0 Å². The molecule has 0 saturated carbocycles. The zero-order chi connectivity index (χ0) is 24.8. The van der Waals surface area contributed by atoms with E-state index in [1.54, 1.807) is 12.4 Å². The molecule has 4 heteroatoms. The van der Waals surface area contributed by atoms with Gasteiger partial charge in [-0.15, -0.1) is 0 Å². The molecule has 0 amide bonds. The van der Waals surface area contributed by atoms with E-state index in [-0.39, 0.29) is 0 Å². The first-order valence-electron chi connectivity index (χ1n) is 13.2. The average molecular weight is 481 g/mol. The normalized spacial score (nSPS) is 10.8. The minimum absolute atomic E-state index is 0.511. The zero-order valence-electron chi connectivity index (χ0n) is 21.2. The first-order valence-corrected chi connectivity index (χ1v) is 13.2. The van der Waals surface area contributed by atoms with Crippen molar-refractivity contribution in [1.82, 2.24) is 9.97 Å². The quantitative estimate of drug-likeness (QED) is 0.169. The summed E-state index contributed by atoms with van der Waals surface area (Å²) in [5, 5.41) is 0. The molecule has 4 nitrogen and oxygen atoms in total. The first kappa shape index (κ1) is 25.4. The standard InChI is InChI=1S/C32H36N2O2/c1-2-3-4-5-6-7-9-12-26-15-19-31(20-16-26)36-32-25-33-24-28(34-32)23-27-17-21-30(22-18-27)35-29-13-10-8-11-14-29/h8,10-11,13-22,24-25H,2-7,9,12,23H2,1H3. The minimum atomic E-state index is 0.511. The van der Waals surface area contributed by atoms with Gasteiger partial charge in [-0.25, -0.2) is 4.98 Å². The fraction of sp³-hybridized carbons (Fsp3) is 0.312. The number of benzene rings is 3. The van der Waals surface area contributed by atoms with E-state index in [0.717, 1.165) is 34.9 Å². The van der Waals surface area contributed by atoms with Crippen LogP contribution in [0.4, 0.5) is 0 Å². The predicted octanol–water partition coefficient (Wildman–Crippen LogP) is 8.95. The second-order valence-electron chi connectivity index (χ2n) is 9.20. The summed E-state index contributed by atoms with van der Waals surface area (Å²) in [5.41, 5.74) is 3.35. The molecule has 0 saturated heterocycles. The fourth-order valence-corrected chi connectivity index (χ4v) is 4.16. The molecule has 4 aromatic rings. The van der Waals surface area contributed by atoms with Gasteiger partial charge in [0.2, 0.25) is 5.88 Å². The van der Waals surface area contributed by atoms with Gasteiger partial charge < -0.3 is 9.47 Å². The number of aryl methyl sites for hydroxylation is 1. The summed E-state index contributed by atoms with van der Waals surface area (Å²) in [6.07, 6.45) is 14.6. The number of ether oxygens (including phenoxy) is 2. The predicted molar refractivity (Wildman–Crippen MR) is 146 cm³/mol. The highest BCUT2D eigenvalue weighted by Gasteiger charge is 2.05. The third kappa shape index (κ3) is 8.53. The third-order valence-corrected chi connectivity index (χ3v) is 6.16. The van der Waals surface area contributed by atoms with Gasteiger partial charge in [-0.2, -0.15) is 0 Å². The number of aromatic nitrogens is 2. The molecule has 0 aliphatic heterocycles. The molecule has 1 aromatic heterocycles. The van der Waals surface area contributed by atoms with Crippen LogP contribution in [0.3, 0.4) is 0 Å². The molecule has 4 rings (SSSR count). The Morgan fingerprint density at radius 1 is 0.583 bits per heavy atom. The van der Waals surface area contributed by atoms with Gasteiger partial charge in [-0.3, -0.25) is 4.98 Å². The van der Waals surface area contributed by atoms with E-state index < -0.39 is 0 Å². The molecular weight excluding hydrogens is 444 g/mol. The van der Waals surface area contributed by atoms with E-state index in [1.807, 2.05) is 54.6 Å². The van der Waals surface area contributed by atoms with E-state index in [1.165, 1.54) is 50.5 Å². The van der Waals surface area contributed by atoms with Crippen molar-refractivity contribution >= 4 is 0 Å². The smallest absolute Gasteiger partial charge is 0.238 e. The van der Waals surface area contributed by atoms with Crippen LogP contribution in [0, 0.1) is 0 Å². The average Bonchev–Trinajstić information content (AvgIpc) is 2.91. The lowest BCUT2D eigenvalue weighted by atomic mass is 10.0. The molecule has 0 radical (unpaired) electrons. The number of nitrogens with zero attached hydrogens (tertiary/aromatic N) is 2. The Morgan fingerprint density at radius 2 is 1.19 bits per heavy atom. The molecule has 0 N–H and O–H groups in total. The Balaban J connectivity index is 1.25. The summed E-state index contributed by atoms with van der Waals surface area (Å²) in [4.78, 5) is 8.98. The van der Waals surface area contributed by atoms with Crippen molar-refractivity contribution in [2.75, 3.05) is 0 Å². The lowest BCUT2D eigenvalue weighted by Gasteiger charge is -2.08. The molecule has 186 valence electrons. The highest BCUT2D eigenvalue weighted by molar-refractivity contribution is 5.34. The van der Waals surface area contributed by atoms with Crippen molar-refractivity contribution in [2.45, 2.75) is 64.7 Å². The van der Waals surface area contributed by atoms with Crippen LogP contribution in [0.25, 0.3) is 0 Å². The van der Waals surface area contributed by atoms with Gasteiger partial charge in [0.25, 0.3) is 0 Å². The Labute approximate surface area is 215 Å². The Hall–Kier alpha value is -3.66. The lowest BCUT2D eigenvalue weighted by Crippen LogP contribution is -1.97. The SMILES string of the molecule is CCCCCCCCCc1ccc(Oc2cncc(Cc3ccc(Oc4ccccc4)cc3)n2)cc1. The molecular formula is C32H36N2O2. The van der Waals surface area contributed by atoms with Crippen molar-refractivity contribution in [3.05, 3.63) is 108 Å². The van der Waals surface area contributed by atoms with Gasteiger partial charge in [0.05, 0.1) is 11.9 Å². The summed E-state index contributed by atoms with van der Waals surface area (Å²) >= 11 is 0. The third-order valence-electron chi connectivity index (χ3n) is 6.16. The highest BCUT2D eigenvalue weighted by atomic mass is 16.5. The number of para-hydroxylation sites is 1. The van der Waals surface area contributed by atoms with Crippen LogP contribution in [-0.2, 0) is 12.8 Å². The van der Waals surface area contributed by atoms with E-state index >= 15 is 0 Å². The largest absolute Gasteiger partial charge is 0.457 e. The summed E-state index contributed by atoms with van der Waals surface area (Å²) in [6.45, 7) is 2.26. The first-order chi connectivity index (χ1) is 17.8. The second-order valence-corrected chi connectivity index (χ2v) is 9.20. The molecule has 1 heterocycles. The molecule has 0 atom stereocenters. The Morgan fingerprint density at radius 3 is 1.92 bits per heavy atom. The van der Waals surface area contributed by atoms with Gasteiger partial charge in [0.15, 0.2) is 0 Å². The lowest BCUT2D eigenvalue weighted by molar-refractivity contribution is 0.458. The van der Waals surface area contributed by atoms with Gasteiger partial charge in [0.1, 0.15) is 17.2 Å². The molecule has 36 heavy (non-hydrogen) atoms. The van der Waals surface area contributed by atoms with E-state index in [0.29, 0.717) is 12.3 Å². The molecule has 0 fully saturated rings. The molecule has 0 aliphatic carbocycles. The van der Waals surface area contributed by atoms with Gasteiger partial charge in [0, 0.05) is 12.6 Å². The second kappa shape index (κ2) is 14.0. The van der Waals surface area contributed by atoms with Gasteiger partial charge in [-0.05, 0) is 60.4 Å². The molecule has 0 bridgehead atoms. The number of hydrogen-bond donors (Lipinski definition) is 0. The fourth-order valence-electron chi connectivity index (χ4n) is 4.16.